The average Bonchev–Trinajstić information content (AvgIpc) is 3.15. The van der Waals surface area contributed by atoms with Gasteiger partial charge in [-0.2, -0.15) is 4.98 Å². The summed E-state index contributed by atoms with van der Waals surface area (Å²) in [6.07, 6.45) is -2.01. The Hall–Kier alpha value is -2.01. The lowest BCUT2D eigenvalue weighted by atomic mass is 10.1. The van der Waals surface area contributed by atoms with E-state index >= 15 is 0 Å². The number of carbonyl (C=O) groups is 2. The first-order valence-electron chi connectivity index (χ1n) is 8.45. The summed E-state index contributed by atoms with van der Waals surface area (Å²) in [6.45, 7) is 4.89. The zero-order valence-electron chi connectivity index (χ0n) is 15.3. The van der Waals surface area contributed by atoms with Gasteiger partial charge in [-0.3, -0.25) is 14.2 Å². The molecule has 1 aliphatic rings. The first-order chi connectivity index (χ1) is 13.3. The van der Waals surface area contributed by atoms with Crippen molar-refractivity contribution in [3.63, 3.8) is 0 Å². The second-order valence-electron chi connectivity index (χ2n) is 5.98. The van der Waals surface area contributed by atoms with Crippen LogP contribution in [0, 0.1) is 0 Å². The van der Waals surface area contributed by atoms with E-state index in [4.69, 9.17) is 42.1 Å². The predicted octanol–water partition coefficient (Wildman–Crippen LogP) is 1.93. The van der Waals surface area contributed by atoms with E-state index in [1.54, 1.807) is 0 Å². The normalized spacial score (nSPS) is 24.5. The van der Waals surface area contributed by atoms with Crippen LogP contribution in [-0.2, 0) is 28.5 Å². The number of hydrogen-bond acceptors (Lipinski definition) is 9. The number of imidazole rings is 1. The van der Waals surface area contributed by atoms with Gasteiger partial charge in [0.15, 0.2) is 29.2 Å². The first kappa shape index (κ1) is 20.7. The van der Waals surface area contributed by atoms with Gasteiger partial charge in [-0.1, -0.05) is 11.6 Å². The predicted molar refractivity (Wildman–Crippen MR) is 96.9 cm³/mol. The molecule has 152 valence electrons. The lowest BCUT2D eigenvalue weighted by Gasteiger charge is -2.23. The molecule has 4 atom stereocenters. The highest BCUT2D eigenvalue weighted by molar-refractivity contribution is 6.35. The summed E-state index contributed by atoms with van der Waals surface area (Å²) >= 11 is 12.0. The van der Waals surface area contributed by atoms with Crippen molar-refractivity contribution in [1.29, 1.82) is 0 Å². The molecule has 0 unspecified atom stereocenters. The van der Waals surface area contributed by atoms with Crippen LogP contribution in [-0.4, -0.2) is 63.0 Å². The highest BCUT2D eigenvalue weighted by Crippen LogP contribution is 2.36. The van der Waals surface area contributed by atoms with E-state index in [0.717, 1.165) is 0 Å². The van der Waals surface area contributed by atoms with Gasteiger partial charge in [-0.15, -0.1) is 0 Å². The molecule has 0 spiro atoms. The van der Waals surface area contributed by atoms with Crippen LogP contribution in [0.1, 0.15) is 27.0 Å². The summed E-state index contributed by atoms with van der Waals surface area (Å²) in [7, 11) is 0. The molecule has 10 nitrogen and oxygen atoms in total. The van der Waals surface area contributed by atoms with E-state index in [1.807, 2.05) is 6.92 Å². The Balaban J connectivity index is 2.04. The molecule has 0 amide bonds. The molecular weight excluding hydrogens is 415 g/mol. The van der Waals surface area contributed by atoms with Gasteiger partial charge in [0.25, 0.3) is 0 Å². The number of fused-ring (bicyclic) bond motifs is 1. The second kappa shape index (κ2) is 8.56. The largest absolute Gasteiger partial charge is 0.456 e. The van der Waals surface area contributed by atoms with Gasteiger partial charge in [0.05, 0.1) is 12.9 Å². The van der Waals surface area contributed by atoms with Gasteiger partial charge in [0, 0.05) is 20.5 Å². The van der Waals surface area contributed by atoms with Gasteiger partial charge in [0.2, 0.25) is 5.28 Å². The van der Waals surface area contributed by atoms with Crippen molar-refractivity contribution >= 4 is 46.3 Å². The molecule has 28 heavy (non-hydrogen) atoms. The summed E-state index contributed by atoms with van der Waals surface area (Å²) in [6, 6.07) is 0. The third kappa shape index (κ3) is 4.19. The van der Waals surface area contributed by atoms with Crippen LogP contribution in [0.25, 0.3) is 11.2 Å². The first-order valence-corrected chi connectivity index (χ1v) is 9.20. The van der Waals surface area contributed by atoms with Crippen molar-refractivity contribution in [2.45, 2.75) is 45.3 Å². The molecule has 3 rings (SSSR count). The van der Waals surface area contributed by atoms with E-state index in [9.17, 15) is 9.59 Å². The Labute approximate surface area is 170 Å². The maximum absolute atomic E-state index is 11.7. The molecule has 0 bridgehead atoms. The molecule has 0 radical (unpaired) electrons. The Bertz CT molecular complexity index is 891. The fourth-order valence-electron chi connectivity index (χ4n) is 2.99. The van der Waals surface area contributed by atoms with Crippen molar-refractivity contribution in [3.8, 4) is 0 Å². The molecule has 3 heterocycles. The summed E-state index contributed by atoms with van der Waals surface area (Å²) in [5.41, 5.74) is 0.583. The van der Waals surface area contributed by atoms with E-state index in [2.05, 4.69) is 15.0 Å². The molecule has 2 aromatic heterocycles. The number of carbonyl (C=O) groups excluding carboxylic acids is 2. The molecule has 0 aromatic carbocycles. The quantitative estimate of drug-likeness (QED) is 0.383. The van der Waals surface area contributed by atoms with Crippen molar-refractivity contribution < 1.29 is 28.5 Å². The maximum Gasteiger partial charge on any atom is 0.303 e. The number of esters is 2. The average molecular weight is 433 g/mol. The van der Waals surface area contributed by atoms with E-state index in [1.165, 1.54) is 24.7 Å². The zero-order valence-corrected chi connectivity index (χ0v) is 16.8. The van der Waals surface area contributed by atoms with Gasteiger partial charge < -0.3 is 18.9 Å². The molecule has 1 saturated heterocycles. The number of rotatable bonds is 6. The van der Waals surface area contributed by atoms with E-state index in [-0.39, 0.29) is 22.7 Å². The van der Waals surface area contributed by atoms with Crippen LogP contribution in [0.3, 0.4) is 0 Å². The van der Waals surface area contributed by atoms with Gasteiger partial charge in [0.1, 0.15) is 11.6 Å². The highest BCUT2D eigenvalue weighted by Gasteiger charge is 2.50. The fourth-order valence-corrected chi connectivity index (χ4v) is 3.42. The second-order valence-corrected chi connectivity index (χ2v) is 6.68. The monoisotopic (exact) mass is 432 g/mol. The van der Waals surface area contributed by atoms with Crippen LogP contribution >= 0.6 is 23.2 Å². The SMILES string of the molecule is CCOC[C@H]1O[C@@H](n2cnc3c(Cl)nc(Cl)nc32)[C@H](OC(C)=O)[C@@H]1OC(C)=O. The third-order valence-electron chi connectivity index (χ3n) is 4.00. The number of aromatic nitrogens is 4. The van der Waals surface area contributed by atoms with Crippen molar-refractivity contribution in [2.75, 3.05) is 13.2 Å². The zero-order chi connectivity index (χ0) is 20.4. The fraction of sp³-hybridized carbons (Fsp3) is 0.562. The van der Waals surface area contributed by atoms with Gasteiger partial charge in [-0.25, -0.2) is 9.97 Å². The lowest BCUT2D eigenvalue weighted by molar-refractivity contribution is -0.165. The summed E-state index contributed by atoms with van der Waals surface area (Å²) < 4.78 is 23.8. The van der Waals surface area contributed by atoms with Crippen LogP contribution in [0.4, 0.5) is 0 Å². The Morgan fingerprint density at radius 2 is 1.86 bits per heavy atom. The van der Waals surface area contributed by atoms with Crippen molar-refractivity contribution in [1.82, 2.24) is 19.5 Å². The summed E-state index contributed by atoms with van der Waals surface area (Å²) in [4.78, 5) is 35.5. The van der Waals surface area contributed by atoms with E-state index < -0.39 is 36.5 Å². The van der Waals surface area contributed by atoms with E-state index in [0.29, 0.717) is 12.1 Å². The molecular formula is C16H18Cl2N4O6. The van der Waals surface area contributed by atoms with Crippen LogP contribution in [0.2, 0.25) is 10.4 Å². The Kier molecular flexibility index (Phi) is 6.33. The van der Waals surface area contributed by atoms with Crippen LogP contribution < -0.4 is 0 Å². The third-order valence-corrected chi connectivity index (χ3v) is 4.43. The van der Waals surface area contributed by atoms with Crippen molar-refractivity contribution in [3.05, 3.63) is 16.8 Å². The topological polar surface area (TPSA) is 115 Å². The van der Waals surface area contributed by atoms with Crippen LogP contribution in [0.15, 0.2) is 6.33 Å². The molecule has 0 N–H and O–H groups in total. The maximum atomic E-state index is 11.7. The molecule has 12 heteroatoms. The lowest BCUT2D eigenvalue weighted by Crippen LogP contribution is -2.40. The standard InChI is InChI=1S/C16H18Cl2N4O6/c1-4-25-5-9-11(26-7(2)23)12(27-8(3)24)15(28-9)22-6-19-10-13(17)20-16(18)21-14(10)22/h6,9,11-12,15H,4-5H2,1-3H3/t9-,11-,12-,15-/m1/s1. The minimum Gasteiger partial charge on any atom is -0.456 e. The van der Waals surface area contributed by atoms with Crippen molar-refractivity contribution in [2.24, 2.45) is 0 Å². The molecule has 2 aromatic rings. The number of nitrogens with zero attached hydrogens (tertiary/aromatic N) is 4. The summed E-state index contributed by atoms with van der Waals surface area (Å²) in [5.74, 6) is -1.11. The number of halogens is 2. The minimum absolute atomic E-state index is 0.0678. The minimum atomic E-state index is -0.961. The van der Waals surface area contributed by atoms with Gasteiger partial charge >= 0.3 is 11.9 Å². The smallest absolute Gasteiger partial charge is 0.303 e. The van der Waals surface area contributed by atoms with Gasteiger partial charge in [-0.05, 0) is 18.5 Å². The van der Waals surface area contributed by atoms with Crippen LogP contribution in [0.5, 0.6) is 0 Å². The molecule has 1 aliphatic heterocycles. The molecule has 0 aliphatic carbocycles. The Morgan fingerprint density at radius 3 is 2.50 bits per heavy atom. The Morgan fingerprint density at radius 1 is 1.18 bits per heavy atom. The molecule has 1 fully saturated rings. The molecule has 0 saturated carbocycles. The number of hydrogen-bond donors (Lipinski definition) is 0. The highest BCUT2D eigenvalue weighted by atomic mass is 35.5. The number of ether oxygens (including phenoxy) is 4. The summed E-state index contributed by atoms with van der Waals surface area (Å²) in [5, 5.41) is -0.0122.